The summed E-state index contributed by atoms with van der Waals surface area (Å²) in [5, 5.41) is 16.8. The second kappa shape index (κ2) is 10.6. The average Bonchev–Trinajstić information content (AvgIpc) is 2.96. The van der Waals surface area contributed by atoms with Crippen LogP contribution in [-0.2, 0) is 6.54 Å². The molecule has 0 aliphatic carbocycles. The van der Waals surface area contributed by atoms with E-state index in [1.807, 2.05) is 0 Å². The zero-order chi connectivity index (χ0) is 15.5. The molecule has 0 spiro atoms. The molecule has 4 nitrogen and oxygen atoms in total. The highest BCUT2D eigenvalue weighted by Gasteiger charge is 2.10. The Kier molecular flexibility index (Phi) is 9.10. The molecule has 2 N–H and O–H groups in total. The van der Waals surface area contributed by atoms with Gasteiger partial charge in [-0.2, -0.15) is 11.3 Å². The number of aliphatic hydroxyl groups excluding tert-OH is 1. The molecule has 0 amide bonds. The summed E-state index contributed by atoms with van der Waals surface area (Å²) in [6, 6.07) is 2.15. The van der Waals surface area contributed by atoms with E-state index in [2.05, 4.69) is 47.9 Å². The minimum Gasteiger partial charge on any atom is -0.396 e. The Hall–Kier alpha value is -1.07. The van der Waals surface area contributed by atoms with Crippen LogP contribution >= 0.6 is 11.3 Å². The maximum atomic E-state index is 9.14. The van der Waals surface area contributed by atoms with E-state index in [1.165, 1.54) is 5.56 Å². The molecule has 1 unspecified atom stereocenters. The number of nitrogens with one attached hydrogen (secondary N) is 1. The molecule has 1 aromatic heterocycles. The van der Waals surface area contributed by atoms with Crippen LogP contribution in [0.25, 0.3) is 0 Å². The second-order valence-corrected chi connectivity index (χ2v) is 6.13. The Morgan fingerprint density at radius 3 is 2.81 bits per heavy atom. The van der Waals surface area contributed by atoms with Crippen LogP contribution in [0.2, 0.25) is 0 Å². The first kappa shape index (κ1) is 18.0. The van der Waals surface area contributed by atoms with Gasteiger partial charge in [0, 0.05) is 33.3 Å². The topological polar surface area (TPSA) is 47.9 Å². The zero-order valence-corrected chi connectivity index (χ0v) is 14.3. The molecule has 0 aromatic carbocycles. The highest BCUT2D eigenvalue weighted by Crippen LogP contribution is 2.12. The molecule has 0 fully saturated rings. The lowest BCUT2D eigenvalue weighted by atomic mass is 10.0. The van der Waals surface area contributed by atoms with E-state index in [4.69, 9.17) is 10.1 Å². The smallest absolute Gasteiger partial charge is 0.193 e. The molecule has 0 saturated carbocycles. The molecule has 120 valence electrons. The fraction of sp³-hybridized carbons (Fsp3) is 0.688. The lowest BCUT2D eigenvalue weighted by Gasteiger charge is -2.22. The third-order valence-corrected chi connectivity index (χ3v) is 4.16. The molecule has 0 bridgehead atoms. The number of rotatable bonds is 9. The first-order valence-corrected chi connectivity index (χ1v) is 8.76. The summed E-state index contributed by atoms with van der Waals surface area (Å²) >= 11 is 1.72. The number of aliphatic imine (C=N–C) groups is 1. The Morgan fingerprint density at radius 2 is 2.24 bits per heavy atom. The molecule has 1 heterocycles. The fourth-order valence-corrected chi connectivity index (χ4v) is 2.99. The van der Waals surface area contributed by atoms with Crippen molar-refractivity contribution < 1.29 is 5.11 Å². The van der Waals surface area contributed by atoms with Crippen molar-refractivity contribution in [2.45, 2.75) is 39.7 Å². The first-order chi connectivity index (χ1) is 10.2. The van der Waals surface area contributed by atoms with Gasteiger partial charge in [0.05, 0.1) is 0 Å². The molecule has 0 saturated heterocycles. The van der Waals surface area contributed by atoms with Gasteiger partial charge in [-0.15, -0.1) is 0 Å². The van der Waals surface area contributed by atoms with E-state index in [0.29, 0.717) is 5.92 Å². The summed E-state index contributed by atoms with van der Waals surface area (Å²) in [5.41, 5.74) is 1.31. The highest BCUT2D eigenvalue weighted by molar-refractivity contribution is 7.07. The zero-order valence-electron chi connectivity index (χ0n) is 13.5. The van der Waals surface area contributed by atoms with Crippen LogP contribution in [0.15, 0.2) is 21.8 Å². The van der Waals surface area contributed by atoms with Crippen molar-refractivity contribution in [1.82, 2.24) is 10.2 Å². The molecule has 21 heavy (non-hydrogen) atoms. The minimum absolute atomic E-state index is 0.251. The van der Waals surface area contributed by atoms with Crippen LogP contribution < -0.4 is 5.32 Å². The van der Waals surface area contributed by atoms with Gasteiger partial charge in [-0.25, -0.2) is 0 Å². The average molecular weight is 311 g/mol. The van der Waals surface area contributed by atoms with Gasteiger partial charge in [-0.1, -0.05) is 13.3 Å². The van der Waals surface area contributed by atoms with Gasteiger partial charge in [-0.3, -0.25) is 4.99 Å². The van der Waals surface area contributed by atoms with Gasteiger partial charge in [0.15, 0.2) is 5.96 Å². The normalized spacial score (nSPS) is 13.2. The third kappa shape index (κ3) is 6.96. The SMILES string of the molecule is CCCC(CCO)CN=C(NCC)N(C)Cc1ccsc1. The molecular formula is C16H29N3OS. The second-order valence-electron chi connectivity index (χ2n) is 5.35. The summed E-state index contributed by atoms with van der Waals surface area (Å²) in [4.78, 5) is 6.92. The van der Waals surface area contributed by atoms with Gasteiger partial charge >= 0.3 is 0 Å². The van der Waals surface area contributed by atoms with Crippen LogP contribution in [0.3, 0.4) is 0 Å². The van der Waals surface area contributed by atoms with E-state index in [1.54, 1.807) is 11.3 Å². The largest absolute Gasteiger partial charge is 0.396 e. The van der Waals surface area contributed by atoms with Crippen LogP contribution in [0.4, 0.5) is 0 Å². The summed E-state index contributed by atoms with van der Waals surface area (Å²) in [6.07, 6.45) is 3.10. The number of hydrogen-bond donors (Lipinski definition) is 2. The molecule has 1 aromatic rings. The molecule has 0 aliphatic heterocycles. The predicted molar refractivity (Wildman–Crippen MR) is 91.9 cm³/mol. The predicted octanol–water partition coefficient (Wildman–Crippen LogP) is 2.94. The standard InChI is InChI=1S/C16H29N3OS/c1-4-6-14(7-9-20)11-18-16(17-5-2)19(3)12-15-8-10-21-13-15/h8,10,13-14,20H,4-7,9,11-12H2,1-3H3,(H,17,18). The van der Waals surface area contributed by atoms with Crippen LogP contribution in [0.5, 0.6) is 0 Å². The van der Waals surface area contributed by atoms with Gasteiger partial charge in [0.2, 0.25) is 0 Å². The molecule has 0 aliphatic rings. The summed E-state index contributed by atoms with van der Waals surface area (Å²) < 4.78 is 0. The number of thiophene rings is 1. The lowest BCUT2D eigenvalue weighted by molar-refractivity contribution is 0.253. The Morgan fingerprint density at radius 1 is 1.43 bits per heavy atom. The Balaban J connectivity index is 2.62. The number of hydrogen-bond acceptors (Lipinski definition) is 3. The highest BCUT2D eigenvalue weighted by atomic mass is 32.1. The Labute approximate surface area is 132 Å². The van der Waals surface area contributed by atoms with Crippen molar-refractivity contribution >= 4 is 17.3 Å². The number of guanidine groups is 1. The molecule has 1 atom stereocenters. The first-order valence-electron chi connectivity index (χ1n) is 7.82. The van der Waals surface area contributed by atoms with Crippen molar-refractivity contribution in [3.63, 3.8) is 0 Å². The van der Waals surface area contributed by atoms with Gasteiger partial charge < -0.3 is 15.3 Å². The van der Waals surface area contributed by atoms with E-state index in [9.17, 15) is 0 Å². The van der Waals surface area contributed by atoms with Crippen molar-refractivity contribution in [1.29, 1.82) is 0 Å². The van der Waals surface area contributed by atoms with Crippen LogP contribution in [-0.4, -0.2) is 42.7 Å². The fourth-order valence-electron chi connectivity index (χ4n) is 2.33. The van der Waals surface area contributed by atoms with Gasteiger partial charge in [-0.05, 0) is 48.1 Å². The van der Waals surface area contributed by atoms with Crippen molar-refractivity contribution in [3.05, 3.63) is 22.4 Å². The summed E-state index contributed by atoms with van der Waals surface area (Å²) in [5.74, 6) is 1.42. The molecule has 1 rings (SSSR count). The molecular weight excluding hydrogens is 282 g/mol. The number of nitrogens with zero attached hydrogens (tertiary/aromatic N) is 2. The van der Waals surface area contributed by atoms with E-state index in [0.717, 1.165) is 44.9 Å². The third-order valence-electron chi connectivity index (χ3n) is 3.43. The summed E-state index contributed by atoms with van der Waals surface area (Å²) in [7, 11) is 2.07. The van der Waals surface area contributed by atoms with Crippen molar-refractivity contribution in [2.75, 3.05) is 26.7 Å². The molecule has 0 radical (unpaired) electrons. The Bertz CT molecular complexity index is 386. The minimum atomic E-state index is 0.251. The maximum absolute atomic E-state index is 9.14. The monoisotopic (exact) mass is 311 g/mol. The van der Waals surface area contributed by atoms with Crippen LogP contribution in [0.1, 0.15) is 38.7 Å². The van der Waals surface area contributed by atoms with E-state index >= 15 is 0 Å². The number of aliphatic hydroxyl groups is 1. The van der Waals surface area contributed by atoms with Gasteiger partial charge in [0.1, 0.15) is 0 Å². The van der Waals surface area contributed by atoms with Gasteiger partial charge in [0.25, 0.3) is 0 Å². The van der Waals surface area contributed by atoms with E-state index in [-0.39, 0.29) is 6.61 Å². The quantitative estimate of drug-likeness (QED) is 0.544. The lowest BCUT2D eigenvalue weighted by Crippen LogP contribution is -2.38. The maximum Gasteiger partial charge on any atom is 0.193 e. The molecule has 5 heteroatoms. The van der Waals surface area contributed by atoms with E-state index < -0.39 is 0 Å². The summed E-state index contributed by atoms with van der Waals surface area (Å²) in [6.45, 7) is 7.04. The van der Waals surface area contributed by atoms with Crippen molar-refractivity contribution in [2.24, 2.45) is 10.9 Å². The van der Waals surface area contributed by atoms with Crippen molar-refractivity contribution in [3.8, 4) is 0 Å². The van der Waals surface area contributed by atoms with Crippen LogP contribution in [0, 0.1) is 5.92 Å².